The SMILES string of the molecule is COc1cc2nc(NC(=O)C(Oc3ccc(OCCO)cc3)c3ccc(C#N)cc3)sc2cc1OC. The molecule has 0 aliphatic carbocycles. The van der Waals surface area contributed by atoms with Crippen LogP contribution in [0.4, 0.5) is 5.13 Å². The number of aromatic nitrogens is 1. The minimum Gasteiger partial charge on any atom is -0.493 e. The maximum atomic E-state index is 13.4. The molecule has 0 saturated heterocycles. The predicted molar refractivity (Wildman–Crippen MR) is 135 cm³/mol. The lowest BCUT2D eigenvalue weighted by Gasteiger charge is -2.19. The number of carbonyl (C=O) groups is 1. The van der Waals surface area contributed by atoms with Crippen molar-refractivity contribution >= 4 is 32.6 Å². The zero-order valence-corrected chi connectivity index (χ0v) is 20.4. The minimum absolute atomic E-state index is 0.0927. The molecule has 0 saturated carbocycles. The number of rotatable bonds is 10. The summed E-state index contributed by atoms with van der Waals surface area (Å²) in [5.74, 6) is 1.68. The van der Waals surface area contributed by atoms with Gasteiger partial charge in [-0.1, -0.05) is 23.5 Å². The van der Waals surface area contributed by atoms with Gasteiger partial charge in [0.1, 0.15) is 18.1 Å². The highest BCUT2D eigenvalue weighted by Crippen LogP contribution is 2.36. The van der Waals surface area contributed by atoms with Crippen LogP contribution in [-0.4, -0.2) is 43.4 Å². The number of benzene rings is 3. The number of methoxy groups -OCH3 is 2. The van der Waals surface area contributed by atoms with E-state index in [0.717, 1.165) is 4.70 Å². The second-order valence-corrected chi connectivity index (χ2v) is 8.49. The van der Waals surface area contributed by atoms with Gasteiger partial charge in [0.15, 0.2) is 16.6 Å². The lowest BCUT2D eigenvalue weighted by atomic mass is 10.1. The summed E-state index contributed by atoms with van der Waals surface area (Å²) in [6.45, 7) is 0.0842. The Morgan fingerprint density at radius 2 is 1.72 bits per heavy atom. The molecule has 0 fully saturated rings. The van der Waals surface area contributed by atoms with Crippen LogP contribution < -0.4 is 24.3 Å². The number of aliphatic hydroxyl groups excluding tert-OH is 1. The fourth-order valence-electron chi connectivity index (χ4n) is 3.40. The molecule has 0 spiro atoms. The summed E-state index contributed by atoms with van der Waals surface area (Å²) in [7, 11) is 3.10. The molecule has 10 heteroatoms. The Kier molecular flexibility index (Phi) is 7.85. The molecule has 9 nitrogen and oxygen atoms in total. The van der Waals surface area contributed by atoms with Crippen LogP contribution in [0.3, 0.4) is 0 Å². The Morgan fingerprint density at radius 1 is 1.06 bits per heavy atom. The monoisotopic (exact) mass is 505 g/mol. The zero-order chi connectivity index (χ0) is 25.5. The van der Waals surface area contributed by atoms with Gasteiger partial charge in [0, 0.05) is 17.7 Å². The number of amides is 1. The molecular formula is C26H23N3O6S. The van der Waals surface area contributed by atoms with Gasteiger partial charge in [-0.25, -0.2) is 4.98 Å². The highest BCUT2D eigenvalue weighted by Gasteiger charge is 2.24. The Morgan fingerprint density at radius 3 is 2.36 bits per heavy atom. The molecule has 4 rings (SSSR count). The summed E-state index contributed by atoms with van der Waals surface area (Å²) < 4.78 is 22.9. The topological polar surface area (TPSA) is 123 Å². The van der Waals surface area contributed by atoms with Crippen LogP contribution in [0, 0.1) is 11.3 Å². The molecule has 3 aromatic carbocycles. The molecule has 0 aliphatic rings. The molecular weight excluding hydrogens is 482 g/mol. The maximum absolute atomic E-state index is 13.4. The van der Waals surface area contributed by atoms with Crippen molar-refractivity contribution in [3.63, 3.8) is 0 Å². The van der Waals surface area contributed by atoms with Gasteiger partial charge in [-0.15, -0.1) is 0 Å². The summed E-state index contributed by atoms with van der Waals surface area (Å²) in [5.41, 5.74) is 1.69. The van der Waals surface area contributed by atoms with E-state index in [1.807, 2.05) is 0 Å². The van der Waals surface area contributed by atoms with Gasteiger partial charge < -0.3 is 24.1 Å². The Labute approximate surface area is 211 Å². The smallest absolute Gasteiger partial charge is 0.271 e. The number of nitrogens with one attached hydrogen (secondary N) is 1. The summed E-state index contributed by atoms with van der Waals surface area (Å²) in [4.78, 5) is 17.9. The van der Waals surface area contributed by atoms with E-state index in [1.165, 1.54) is 11.3 Å². The van der Waals surface area contributed by atoms with E-state index in [9.17, 15) is 4.79 Å². The average molecular weight is 506 g/mol. The number of carbonyl (C=O) groups excluding carboxylic acids is 1. The summed E-state index contributed by atoms with van der Waals surface area (Å²) in [6, 6.07) is 18.9. The number of hydrogen-bond acceptors (Lipinski definition) is 9. The Balaban J connectivity index is 1.59. The van der Waals surface area contributed by atoms with E-state index >= 15 is 0 Å². The second-order valence-electron chi connectivity index (χ2n) is 7.46. The molecule has 0 aliphatic heterocycles. The number of hydrogen-bond donors (Lipinski definition) is 2. The number of ether oxygens (including phenoxy) is 4. The number of anilines is 1. The fourth-order valence-corrected chi connectivity index (χ4v) is 4.28. The summed E-state index contributed by atoms with van der Waals surface area (Å²) >= 11 is 1.29. The standard InChI is InChI=1S/C26H23N3O6S/c1-32-21-13-20-23(14-22(21)33-2)36-26(28-20)29-25(31)24(17-5-3-16(15-27)4-6-17)35-19-9-7-18(8-10-19)34-12-11-30/h3-10,13-14,24,30H,11-12H2,1-2H3,(H,28,29,31). The van der Waals surface area contributed by atoms with Gasteiger partial charge in [0.05, 0.1) is 42.7 Å². The van der Waals surface area contributed by atoms with Gasteiger partial charge in [-0.3, -0.25) is 10.1 Å². The molecule has 1 aromatic heterocycles. The van der Waals surface area contributed by atoms with E-state index < -0.39 is 12.0 Å². The molecule has 4 aromatic rings. The number of nitrogens with zero attached hydrogens (tertiary/aromatic N) is 2. The molecule has 0 radical (unpaired) electrons. The molecule has 1 amide bonds. The third-order valence-corrected chi connectivity index (χ3v) is 6.08. The van der Waals surface area contributed by atoms with Crippen molar-refractivity contribution < 1.29 is 28.8 Å². The quantitative estimate of drug-likeness (QED) is 0.327. The summed E-state index contributed by atoms with van der Waals surface area (Å²) in [6.07, 6.45) is -1.02. The van der Waals surface area contributed by atoms with Crippen molar-refractivity contribution in [3.8, 4) is 29.1 Å². The van der Waals surface area contributed by atoms with Gasteiger partial charge in [0.2, 0.25) is 6.10 Å². The highest BCUT2D eigenvalue weighted by molar-refractivity contribution is 7.22. The van der Waals surface area contributed by atoms with Crippen molar-refractivity contribution in [1.29, 1.82) is 5.26 Å². The molecule has 1 atom stereocenters. The Hall–Kier alpha value is -4.33. The maximum Gasteiger partial charge on any atom is 0.271 e. The van der Waals surface area contributed by atoms with Gasteiger partial charge >= 0.3 is 0 Å². The predicted octanol–water partition coefficient (Wildman–Crippen LogP) is 4.32. The molecule has 184 valence electrons. The zero-order valence-electron chi connectivity index (χ0n) is 19.6. The number of thiazole rings is 1. The third-order valence-electron chi connectivity index (χ3n) is 5.14. The van der Waals surface area contributed by atoms with Crippen LogP contribution in [0.5, 0.6) is 23.0 Å². The third kappa shape index (κ3) is 5.66. The Bertz CT molecular complexity index is 1340. The first-order chi connectivity index (χ1) is 17.5. The van der Waals surface area contributed by atoms with Crippen molar-refractivity contribution in [2.45, 2.75) is 6.10 Å². The lowest BCUT2D eigenvalue weighted by Crippen LogP contribution is -2.25. The molecule has 1 heterocycles. The van der Waals surface area contributed by atoms with Crippen LogP contribution >= 0.6 is 11.3 Å². The van der Waals surface area contributed by atoms with Crippen molar-refractivity contribution in [1.82, 2.24) is 4.98 Å². The van der Waals surface area contributed by atoms with Gasteiger partial charge in [-0.05, 0) is 36.4 Å². The van der Waals surface area contributed by atoms with Crippen molar-refractivity contribution in [2.24, 2.45) is 0 Å². The van der Waals surface area contributed by atoms with Crippen LogP contribution in [0.25, 0.3) is 10.2 Å². The highest BCUT2D eigenvalue weighted by atomic mass is 32.1. The fraction of sp³-hybridized carbons (Fsp3) is 0.192. The second kappa shape index (κ2) is 11.4. The number of aliphatic hydroxyl groups is 1. The molecule has 36 heavy (non-hydrogen) atoms. The average Bonchev–Trinajstić information content (AvgIpc) is 3.31. The molecule has 0 bridgehead atoms. The molecule has 1 unspecified atom stereocenters. The van der Waals surface area contributed by atoms with E-state index in [2.05, 4.69) is 16.4 Å². The van der Waals surface area contributed by atoms with Crippen molar-refractivity contribution in [3.05, 3.63) is 71.8 Å². The minimum atomic E-state index is -1.02. The number of fused-ring (bicyclic) bond motifs is 1. The van der Waals surface area contributed by atoms with Crippen LogP contribution in [0.2, 0.25) is 0 Å². The molecule has 2 N–H and O–H groups in total. The lowest BCUT2D eigenvalue weighted by molar-refractivity contribution is -0.123. The summed E-state index contributed by atoms with van der Waals surface area (Å²) in [5, 5.41) is 21.3. The van der Waals surface area contributed by atoms with Crippen LogP contribution in [0.1, 0.15) is 17.2 Å². The van der Waals surface area contributed by atoms with E-state index in [1.54, 1.807) is 74.9 Å². The van der Waals surface area contributed by atoms with Gasteiger partial charge in [0.25, 0.3) is 5.91 Å². The van der Waals surface area contributed by atoms with Crippen LogP contribution in [-0.2, 0) is 4.79 Å². The van der Waals surface area contributed by atoms with E-state index in [0.29, 0.717) is 44.8 Å². The normalized spacial score (nSPS) is 11.4. The van der Waals surface area contributed by atoms with E-state index in [4.69, 9.17) is 29.3 Å². The first-order valence-electron chi connectivity index (χ1n) is 10.9. The van der Waals surface area contributed by atoms with E-state index in [-0.39, 0.29) is 13.2 Å². The number of nitriles is 1. The van der Waals surface area contributed by atoms with Crippen molar-refractivity contribution in [2.75, 3.05) is 32.8 Å². The first kappa shape index (κ1) is 24.8. The first-order valence-corrected chi connectivity index (χ1v) is 11.7. The van der Waals surface area contributed by atoms with Crippen LogP contribution in [0.15, 0.2) is 60.7 Å². The van der Waals surface area contributed by atoms with Gasteiger partial charge in [-0.2, -0.15) is 5.26 Å². The largest absolute Gasteiger partial charge is 0.493 e.